The van der Waals surface area contributed by atoms with Crippen LogP contribution in [0.5, 0.6) is 0 Å². The number of hydrogen-bond donors (Lipinski definition) is 1. The maximum Gasteiger partial charge on any atom is 0.248 e. The van der Waals surface area contributed by atoms with E-state index in [2.05, 4.69) is 19.2 Å². The Bertz CT molecular complexity index is 211. The van der Waals surface area contributed by atoms with Gasteiger partial charge in [-0.2, -0.15) is 0 Å². The van der Waals surface area contributed by atoms with Crippen molar-refractivity contribution in [2.45, 2.75) is 26.3 Å². The molecule has 0 saturated carbocycles. The summed E-state index contributed by atoms with van der Waals surface area (Å²) in [5.41, 5.74) is 0. The van der Waals surface area contributed by atoms with E-state index < -0.39 is 0 Å². The SMILES string of the molecule is CCC(C)[C@@H]1NC(=O)C=C1OC. The van der Waals surface area contributed by atoms with Gasteiger partial charge in [0.2, 0.25) is 5.91 Å². The lowest BCUT2D eigenvalue weighted by molar-refractivity contribution is -0.116. The van der Waals surface area contributed by atoms with E-state index in [1.54, 1.807) is 7.11 Å². The molecule has 1 aliphatic rings. The van der Waals surface area contributed by atoms with Crippen LogP contribution in [0.4, 0.5) is 0 Å². The van der Waals surface area contributed by atoms with Crippen molar-refractivity contribution in [3.8, 4) is 0 Å². The smallest absolute Gasteiger partial charge is 0.248 e. The van der Waals surface area contributed by atoms with Crippen LogP contribution in [-0.2, 0) is 9.53 Å². The van der Waals surface area contributed by atoms with E-state index >= 15 is 0 Å². The average Bonchev–Trinajstić information content (AvgIpc) is 2.45. The van der Waals surface area contributed by atoms with Crippen molar-refractivity contribution in [1.82, 2.24) is 5.32 Å². The van der Waals surface area contributed by atoms with Crippen LogP contribution in [0.2, 0.25) is 0 Å². The molecule has 1 aliphatic heterocycles. The molecule has 68 valence electrons. The van der Waals surface area contributed by atoms with Gasteiger partial charge in [-0.05, 0) is 5.92 Å². The van der Waals surface area contributed by atoms with E-state index in [-0.39, 0.29) is 11.9 Å². The summed E-state index contributed by atoms with van der Waals surface area (Å²) in [5, 5.41) is 2.85. The third kappa shape index (κ3) is 1.60. The predicted molar refractivity (Wildman–Crippen MR) is 46.5 cm³/mol. The van der Waals surface area contributed by atoms with E-state index in [1.807, 2.05) is 0 Å². The van der Waals surface area contributed by atoms with Crippen LogP contribution >= 0.6 is 0 Å². The van der Waals surface area contributed by atoms with Crippen LogP contribution in [0, 0.1) is 5.92 Å². The second kappa shape index (κ2) is 3.61. The fourth-order valence-electron chi connectivity index (χ4n) is 1.33. The Balaban J connectivity index is 2.68. The molecule has 2 atom stereocenters. The highest BCUT2D eigenvalue weighted by Gasteiger charge is 2.28. The van der Waals surface area contributed by atoms with Gasteiger partial charge in [-0.15, -0.1) is 0 Å². The van der Waals surface area contributed by atoms with Gasteiger partial charge >= 0.3 is 0 Å². The molecule has 3 nitrogen and oxygen atoms in total. The van der Waals surface area contributed by atoms with Gasteiger partial charge in [0.25, 0.3) is 0 Å². The lowest BCUT2D eigenvalue weighted by Gasteiger charge is -2.19. The van der Waals surface area contributed by atoms with E-state index in [0.29, 0.717) is 5.92 Å². The molecule has 1 amide bonds. The van der Waals surface area contributed by atoms with E-state index in [9.17, 15) is 4.79 Å². The monoisotopic (exact) mass is 169 g/mol. The first kappa shape index (κ1) is 9.10. The Morgan fingerprint density at radius 1 is 1.75 bits per heavy atom. The maximum atomic E-state index is 11.0. The molecule has 3 heteroatoms. The van der Waals surface area contributed by atoms with Crippen LogP contribution in [0.25, 0.3) is 0 Å². The van der Waals surface area contributed by atoms with Crippen LogP contribution in [0.15, 0.2) is 11.8 Å². The molecular weight excluding hydrogens is 154 g/mol. The zero-order valence-electron chi connectivity index (χ0n) is 7.76. The van der Waals surface area contributed by atoms with Crippen molar-refractivity contribution in [2.24, 2.45) is 5.92 Å². The van der Waals surface area contributed by atoms with Gasteiger partial charge in [0.15, 0.2) is 0 Å². The molecule has 0 fully saturated rings. The van der Waals surface area contributed by atoms with E-state index in [1.165, 1.54) is 6.08 Å². The molecular formula is C9H15NO2. The minimum Gasteiger partial charge on any atom is -0.499 e. The van der Waals surface area contributed by atoms with Crippen LogP contribution < -0.4 is 5.32 Å². The summed E-state index contributed by atoms with van der Waals surface area (Å²) < 4.78 is 5.09. The van der Waals surface area contributed by atoms with Crippen molar-refractivity contribution < 1.29 is 9.53 Å². The molecule has 0 aromatic rings. The van der Waals surface area contributed by atoms with Crippen LogP contribution in [0.1, 0.15) is 20.3 Å². The fraction of sp³-hybridized carbons (Fsp3) is 0.667. The third-order valence-electron chi connectivity index (χ3n) is 2.33. The molecule has 0 bridgehead atoms. The molecule has 12 heavy (non-hydrogen) atoms. The minimum absolute atomic E-state index is 0.0443. The first-order valence-corrected chi connectivity index (χ1v) is 4.25. The zero-order chi connectivity index (χ0) is 9.14. The van der Waals surface area contributed by atoms with Gasteiger partial charge < -0.3 is 10.1 Å². The Morgan fingerprint density at radius 2 is 2.42 bits per heavy atom. The standard InChI is InChI=1S/C9H15NO2/c1-4-6(2)9-7(12-3)5-8(11)10-9/h5-6,9H,4H2,1-3H3,(H,10,11)/t6?,9-/m0/s1. The van der Waals surface area contributed by atoms with Crippen LogP contribution in [0.3, 0.4) is 0 Å². The van der Waals surface area contributed by atoms with Crippen molar-refractivity contribution >= 4 is 5.91 Å². The highest BCUT2D eigenvalue weighted by atomic mass is 16.5. The summed E-state index contributed by atoms with van der Waals surface area (Å²) in [5.74, 6) is 1.15. The number of methoxy groups -OCH3 is 1. The van der Waals surface area contributed by atoms with Gasteiger partial charge in [-0.1, -0.05) is 20.3 Å². The summed E-state index contributed by atoms with van der Waals surface area (Å²) in [4.78, 5) is 11.0. The zero-order valence-corrected chi connectivity index (χ0v) is 7.76. The molecule has 0 spiro atoms. The summed E-state index contributed by atoms with van der Waals surface area (Å²) in [6, 6.07) is 0.0764. The number of rotatable bonds is 3. The summed E-state index contributed by atoms with van der Waals surface area (Å²) in [6.07, 6.45) is 2.56. The molecule has 1 N–H and O–H groups in total. The predicted octanol–water partition coefficient (Wildman–Crippen LogP) is 1.06. The van der Waals surface area contributed by atoms with Crippen molar-refractivity contribution in [1.29, 1.82) is 0 Å². The highest BCUT2D eigenvalue weighted by molar-refractivity contribution is 5.91. The van der Waals surface area contributed by atoms with Crippen molar-refractivity contribution in [3.05, 3.63) is 11.8 Å². The van der Waals surface area contributed by atoms with Crippen LogP contribution in [-0.4, -0.2) is 19.1 Å². The lowest BCUT2D eigenvalue weighted by Crippen LogP contribution is -2.34. The molecule has 0 radical (unpaired) electrons. The molecule has 0 saturated heterocycles. The number of carbonyl (C=O) groups excluding carboxylic acids is 1. The van der Waals surface area contributed by atoms with Gasteiger partial charge in [-0.25, -0.2) is 0 Å². The number of hydrogen-bond acceptors (Lipinski definition) is 2. The topological polar surface area (TPSA) is 38.3 Å². The number of carbonyl (C=O) groups is 1. The Hall–Kier alpha value is -0.990. The highest BCUT2D eigenvalue weighted by Crippen LogP contribution is 2.19. The Labute approximate surface area is 72.8 Å². The first-order valence-electron chi connectivity index (χ1n) is 4.25. The molecule has 0 aromatic carbocycles. The first-order chi connectivity index (χ1) is 5.69. The van der Waals surface area contributed by atoms with E-state index in [0.717, 1.165) is 12.2 Å². The van der Waals surface area contributed by atoms with Gasteiger partial charge in [-0.3, -0.25) is 4.79 Å². The van der Waals surface area contributed by atoms with Gasteiger partial charge in [0, 0.05) is 6.08 Å². The van der Waals surface area contributed by atoms with Gasteiger partial charge in [0.1, 0.15) is 5.76 Å². The molecule has 0 aliphatic carbocycles. The Morgan fingerprint density at radius 3 is 2.92 bits per heavy atom. The summed E-state index contributed by atoms with van der Waals surface area (Å²) >= 11 is 0. The number of amides is 1. The Kier molecular flexibility index (Phi) is 2.74. The second-order valence-electron chi connectivity index (χ2n) is 3.12. The summed E-state index contributed by atoms with van der Waals surface area (Å²) in [6.45, 7) is 4.20. The van der Waals surface area contributed by atoms with Crippen molar-refractivity contribution in [3.63, 3.8) is 0 Å². The lowest BCUT2D eigenvalue weighted by atomic mass is 9.99. The van der Waals surface area contributed by atoms with Gasteiger partial charge in [0.05, 0.1) is 13.2 Å². The fourth-order valence-corrected chi connectivity index (χ4v) is 1.33. The minimum atomic E-state index is -0.0443. The molecule has 1 unspecified atom stereocenters. The number of nitrogens with one attached hydrogen (secondary N) is 1. The molecule has 0 aromatic heterocycles. The average molecular weight is 169 g/mol. The third-order valence-corrected chi connectivity index (χ3v) is 2.33. The largest absolute Gasteiger partial charge is 0.499 e. The maximum absolute atomic E-state index is 11.0. The molecule has 1 heterocycles. The quantitative estimate of drug-likeness (QED) is 0.686. The molecule has 1 rings (SSSR count). The van der Waals surface area contributed by atoms with E-state index in [4.69, 9.17) is 4.74 Å². The number of ether oxygens (including phenoxy) is 1. The normalized spacial score (nSPS) is 24.8. The summed E-state index contributed by atoms with van der Waals surface area (Å²) in [7, 11) is 1.60. The second-order valence-corrected chi connectivity index (χ2v) is 3.12. The van der Waals surface area contributed by atoms with Crippen molar-refractivity contribution in [2.75, 3.05) is 7.11 Å².